The largest absolute Gasteiger partial charge is 0.330 e. The molecular weight excluding hydrogens is 214 g/mol. The minimum Gasteiger partial charge on any atom is -0.330 e. The molecule has 2 heteroatoms. The lowest BCUT2D eigenvalue weighted by Crippen LogP contribution is -2.02. The molecule has 0 saturated heterocycles. The molecule has 3 rings (SSSR count). The minimum atomic E-state index is 0.716. The standard InChI is InChI=1S/C14H13NS/c15-9-8-10-4-3-6-12-11-5-1-2-7-13(11)16-14(10)12/h1-7H,8-9,15H2. The van der Waals surface area contributed by atoms with Gasteiger partial charge in [0.05, 0.1) is 0 Å². The fourth-order valence-corrected chi connectivity index (χ4v) is 3.40. The topological polar surface area (TPSA) is 26.0 Å². The molecule has 0 aliphatic heterocycles. The lowest BCUT2D eigenvalue weighted by atomic mass is 10.1. The SMILES string of the molecule is NCCc1cccc2c1sc1ccccc12. The van der Waals surface area contributed by atoms with Gasteiger partial charge in [-0.1, -0.05) is 36.4 Å². The van der Waals surface area contributed by atoms with Gasteiger partial charge in [0.25, 0.3) is 0 Å². The molecule has 0 atom stereocenters. The Labute approximate surface area is 98.5 Å². The summed E-state index contributed by atoms with van der Waals surface area (Å²) in [6, 6.07) is 15.1. The Morgan fingerprint density at radius 1 is 0.938 bits per heavy atom. The number of thiophene rings is 1. The van der Waals surface area contributed by atoms with E-state index in [2.05, 4.69) is 42.5 Å². The summed E-state index contributed by atoms with van der Waals surface area (Å²) in [5.74, 6) is 0. The van der Waals surface area contributed by atoms with E-state index in [1.54, 1.807) is 0 Å². The normalized spacial score (nSPS) is 11.3. The first-order chi connectivity index (χ1) is 7.90. The van der Waals surface area contributed by atoms with Crippen molar-refractivity contribution >= 4 is 31.5 Å². The number of hydrogen-bond donors (Lipinski definition) is 1. The third-order valence-electron chi connectivity index (χ3n) is 2.90. The average molecular weight is 227 g/mol. The van der Waals surface area contributed by atoms with Gasteiger partial charge in [0, 0.05) is 20.2 Å². The van der Waals surface area contributed by atoms with E-state index in [0.29, 0.717) is 6.54 Å². The van der Waals surface area contributed by atoms with Crippen molar-refractivity contribution in [3.8, 4) is 0 Å². The number of fused-ring (bicyclic) bond motifs is 3. The van der Waals surface area contributed by atoms with Gasteiger partial charge < -0.3 is 5.73 Å². The molecule has 1 heterocycles. The molecule has 0 aliphatic rings. The first kappa shape index (κ1) is 9.82. The van der Waals surface area contributed by atoms with Crippen molar-refractivity contribution in [2.45, 2.75) is 6.42 Å². The molecule has 0 radical (unpaired) electrons. The van der Waals surface area contributed by atoms with Crippen LogP contribution in [0.15, 0.2) is 42.5 Å². The van der Waals surface area contributed by atoms with Crippen LogP contribution in [0.25, 0.3) is 20.2 Å². The van der Waals surface area contributed by atoms with Crippen LogP contribution < -0.4 is 5.73 Å². The molecule has 16 heavy (non-hydrogen) atoms. The molecule has 2 aromatic carbocycles. The third kappa shape index (κ3) is 1.42. The Balaban J connectivity index is 2.39. The highest BCUT2D eigenvalue weighted by Crippen LogP contribution is 2.35. The van der Waals surface area contributed by atoms with Crippen LogP contribution in [0.4, 0.5) is 0 Å². The predicted octanol–water partition coefficient (Wildman–Crippen LogP) is 3.56. The zero-order valence-electron chi connectivity index (χ0n) is 8.94. The fraction of sp³-hybridized carbons (Fsp3) is 0.143. The Morgan fingerprint density at radius 3 is 2.62 bits per heavy atom. The van der Waals surface area contributed by atoms with Crippen molar-refractivity contribution < 1.29 is 0 Å². The average Bonchev–Trinajstić information content (AvgIpc) is 2.69. The Hall–Kier alpha value is -1.38. The zero-order chi connectivity index (χ0) is 11.0. The lowest BCUT2D eigenvalue weighted by molar-refractivity contribution is 0.979. The van der Waals surface area contributed by atoms with Crippen LogP contribution in [0.5, 0.6) is 0 Å². The monoisotopic (exact) mass is 227 g/mol. The van der Waals surface area contributed by atoms with Gasteiger partial charge in [-0.2, -0.15) is 0 Å². The smallest absolute Gasteiger partial charge is 0.0387 e. The molecule has 0 fully saturated rings. The van der Waals surface area contributed by atoms with Gasteiger partial charge in [0.15, 0.2) is 0 Å². The highest BCUT2D eigenvalue weighted by molar-refractivity contribution is 7.26. The molecular formula is C14H13NS. The van der Waals surface area contributed by atoms with Gasteiger partial charge in [0.1, 0.15) is 0 Å². The van der Waals surface area contributed by atoms with E-state index in [1.165, 1.54) is 25.7 Å². The van der Waals surface area contributed by atoms with Crippen molar-refractivity contribution in [3.63, 3.8) is 0 Å². The second kappa shape index (κ2) is 3.89. The molecule has 0 spiro atoms. The van der Waals surface area contributed by atoms with Crippen molar-refractivity contribution in [3.05, 3.63) is 48.0 Å². The van der Waals surface area contributed by atoms with Crippen molar-refractivity contribution in [2.24, 2.45) is 5.73 Å². The van der Waals surface area contributed by atoms with Crippen LogP contribution >= 0.6 is 11.3 Å². The van der Waals surface area contributed by atoms with Crippen LogP contribution in [0.1, 0.15) is 5.56 Å². The second-order valence-electron chi connectivity index (χ2n) is 3.93. The van der Waals surface area contributed by atoms with Crippen molar-refractivity contribution in [2.75, 3.05) is 6.54 Å². The first-order valence-electron chi connectivity index (χ1n) is 5.49. The summed E-state index contributed by atoms with van der Waals surface area (Å²) in [5.41, 5.74) is 7.03. The quantitative estimate of drug-likeness (QED) is 0.711. The van der Waals surface area contributed by atoms with Crippen molar-refractivity contribution in [1.29, 1.82) is 0 Å². The summed E-state index contributed by atoms with van der Waals surface area (Å²) >= 11 is 1.87. The highest BCUT2D eigenvalue weighted by atomic mass is 32.1. The van der Waals surface area contributed by atoms with E-state index in [0.717, 1.165) is 6.42 Å². The van der Waals surface area contributed by atoms with Crippen molar-refractivity contribution in [1.82, 2.24) is 0 Å². The van der Waals surface area contributed by atoms with Gasteiger partial charge in [-0.15, -0.1) is 11.3 Å². The maximum absolute atomic E-state index is 5.65. The molecule has 2 N–H and O–H groups in total. The summed E-state index contributed by atoms with van der Waals surface area (Å²) in [7, 11) is 0. The minimum absolute atomic E-state index is 0.716. The summed E-state index contributed by atoms with van der Waals surface area (Å²) < 4.78 is 2.76. The summed E-state index contributed by atoms with van der Waals surface area (Å²) in [5, 5.41) is 2.73. The Bertz CT molecular complexity index is 639. The Morgan fingerprint density at radius 2 is 1.75 bits per heavy atom. The first-order valence-corrected chi connectivity index (χ1v) is 6.31. The maximum Gasteiger partial charge on any atom is 0.0387 e. The fourth-order valence-electron chi connectivity index (χ4n) is 2.16. The van der Waals surface area contributed by atoms with Crippen LogP contribution in [-0.4, -0.2) is 6.54 Å². The molecule has 3 aromatic rings. The van der Waals surface area contributed by atoms with Crippen LogP contribution in [-0.2, 0) is 6.42 Å². The summed E-state index contributed by atoms with van der Waals surface area (Å²) in [6.07, 6.45) is 0.962. The van der Waals surface area contributed by atoms with E-state index in [-0.39, 0.29) is 0 Å². The molecule has 1 nitrogen and oxygen atoms in total. The van der Waals surface area contributed by atoms with Gasteiger partial charge in [-0.3, -0.25) is 0 Å². The van der Waals surface area contributed by atoms with E-state index < -0.39 is 0 Å². The molecule has 80 valence electrons. The Kier molecular flexibility index (Phi) is 2.39. The van der Waals surface area contributed by atoms with Gasteiger partial charge >= 0.3 is 0 Å². The molecule has 1 aromatic heterocycles. The van der Waals surface area contributed by atoms with Crippen LogP contribution in [0, 0.1) is 0 Å². The molecule has 0 saturated carbocycles. The highest BCUT2D eigenvalue weighted by Gasteiger charge is 2.06. The number of nitrogens with two attached hydrogens (primary N) is 1. The number of benzene rings is 2. The molecule has 0 amide bonds. The summed E-state index contributed by atoms with van der Waals surface area (Å²) in [4.78, 5) is 0. The van der Waals surface area contributed by atoms with Gasteiger partial charge in [0.2, 0.25) is 0 Å². The number of hydrogen-bond acceptors (Lipinski definition) is 2. The van der Waals surface area contributed by atoms with E-state index in [4.69, 9.17) is 5.73 Å². The van der Waals surface area contributed by atoms with Gasteiger partial charge in [-0.05, 0) is 24.6 Å². The van der Waals surface area contributed by atoms with E-state index in [1.807, 2.05) is 11.3 Å². The molecule has 0 aliphatic carbocycles. The summed E-state index contributed by atoms with van der Waals surface area (Å²) in [6.45, 7) is 0.716. The molecule has 0 bridgehead atoms. The third-order valence-corrected chi connectivity index (χ3v) is 4.16. The second-order valence-corrected chi connectivity index (χ2v) is 4.98. The van der Waals surface area contributed by atoms with E-state index >= 15 is 0 Å². The number of rotatable bonds is 2. The predicted molar refractivity (Wildman–Crippen MR) is 72.1 cm³/mol. The van der Waals surface area contributed by atoms with Gasteiger partial charge in [-0.25, -0.2) is 0 Å². The van der Waals surface area contributed by atoms with Crippen LogP contribution in [0.3, 0.4) is 0 Å². The molecule has 0 unspecified atom stereocenters. The van der Waals surface area contributed by atoms with Crippen LogP contribution in [0.2, 0.25) is 0 Å². The zero-order valence-corrected chi connectivity index (χ0v) is 9.76. The van der Waals surface area contributed by atoms with E-state index in [9.17, 15) is 0 Å². The maximum atomic E-state index is 5.65. The lowest BCUT2D eigenvalue weighted by Gasteiger charge is -1.99.